The van der Waals surface area contributed by atoms with Crippen LogP contribution < -0.4 is 42.5 Å². The van der Waals surface area contributed by atoms with Crippen molar-refractivity contribution in [3.63, 3.8) is 0 Å². The molecule has 0 aliphatic carbocycles. The topological polar surface area (TPSA) is 327 Å². The number of para-hydroxylation sites is 4. The Morgan fingerprint density at radius 1 is 0.303 bits per heavy atom. The van der Waals surface area contributed by atoms with Crippen molar-refractivity contribution < 1.29 is 58.8 Å². The van der Waals surface area contributed by atoms with Gasteiger partial charge in [0.1, 0.15) is 23.0 Å². The van der Waals surface area contributed by atoms with Gasteiger partial charge in [-0.15, -0.1) is 0 Å². The summed E-state index contributed by atoms with van der Waals surface area (Å²) in [6.07, 6.45) is 0. The molecule has 2 aliphatic rings. The number of amides is 8. The van der Waals surface area contributed by atoms with E-state index < -0.39 is 70.3 Å². The zero-order chi connectivity index (χ0) is 54.7. The van der Waals surface area contributed by atoms with Crippen LogP contribution in [0, 0.1) is 0 Å². The molecule has 4 aromatic carbocycles. The number of fused-ring (bicyclic) bond motifs is 8. The highest BCUT2D eigenvalue weighted by molar-refractivity contribution is 6.06. The molecule has 0 radical (unpaired) electrons. The number of benzene rings is 4. The number of aromatic hydroxyl groups is 4. The number of likely N-dealkylation sites (N-methyl/N-ethyl adjacent to an activating group) is 2. The van der Waals surface area contributed by atoms with E-state index in [0.29, 0.717) is 26.2 Å². The maximum absolute atomic E-state index is 13.5. The summed E-state index contributed by atoms with van der Waals surface area (Å²) in [5.74, 6) is -7.07. The number of hydrogen-bond donors (Lipinski definition) is 12. The van der Waals surface area contributed by atoms with E-state index >= 15 is 0 Å². The van der Waals surface area contributed by atoms with Crippen molar-refractivity contribution in [2.45, 2.75) is 0 Å². The van der Waals surface area contributed by atoms with Gasteiger partial charge in [0.05, 0.1) is 44.5 Å². The molecule has 76 heavy (non-hydrogen) atoms. The number of rotatable bonds is 3. The molecular weight excluding hydrogens is 985 g/mol. The Kier molecular flexibility index (Phi) is 20.9. The molecule has 4 aromatic rings. The summed E-state index contributed by atoms with van der Waals surface area (Å²) in [7, 11) is 3.55. The Bertz CT molecular complexity index is 2410. The van der Waals surface area contributed by atoms with Crippen molar-refractivity contribution in [2.75, 3.05) is 132 Å². The number of hydrogen-bond acceptors (Lipinski definition) is 16. The third-order valence-corrected chi connectivity index (χ3v) is 12.8. The molecule has 0 saturated carbocycles. The van der Waals surface area contributed by atoms with Crippen molar-refractivity contribution in [1.82, 2.24) is 62.1 Å². The zero-order valence-electron chi connectivity index (χ0n) is 42.5. The minimum absolute atomic E-state index is 0.0250. The number of nitrogens with zero attached hydrogens (tertiary/aromatic N) is 4. The van der Waals surface area contributed by atoms with Crippen molar-refractivity contribution in [3.8, 4) is 23.0 Å². The van der Waals surface area contributed by atoms with Gasteiger partial charge in [-0.05, 0) is 62.6 Å². The summed E-state index contributed by atoms with van der Waals surface area (Å²) in [6.45, 7) is 3.52. The summed E-state index contributed by atoms with van der Waals surface area (Å²) in [5, 5.41) is 66.3. The second kappa shape index (κ2) is 27.8. The van der Waals surface area contributed by atoms with Crippen LogP contribution in [0.5, 0.6) is 23.0 Å². The number of phenolic OH excluding ortho intramolecular Hbond substituents is 4. The maximum Gasteiger partial charge on any atom is 0.255 e. The molecule has 0 saturated heterocycles. The van der Waals surface area contributed by atoms with Crippen LogP contribution >= 0.6 is 0 Å². The first-order valence-electron chi connectivity index (χ1n) is 24.9. The van der Waals surface area contributed by atoms with Crippen molar-refractivity contribution in [3.05, 3.63) is 117 Å². The van der Waals surface area contributed by atoms with Crippen LogP contribution in [-0.4, -0.2) is 219 Å². The third kappa shape index (κ3) is 15.6. The Morgan fingerprint density at radius 2 is 0.461 bits per heavy atom. The lowest BCUT2D eigenvalue weighted by Crippen LogP contribution is -2.46. The Balaban J connectivity index is 1.22. The van der Waals surface area contributed by atoms with Gasteiger partial charge in [-0.3, -0.25) is 48.2 Å². The molecular formula is C52H66N12O12. The number of phenols is 4. The molecule has 12 N–H and O–H groups in total. The smallest absolute Gasteiger partial charge is 0.255 e. The highest BCUT2D eigenvalue weighted by atomic mass is 16.3. The lowest BCUT2D eigenvalue weighted by atomic mass is 10.1. The number of carbonyl (C=O) groups is 8. The van der Waals surface area contributed by atoms with E-state index in [1.54, 1.807) is 14.1 Å². The third-order valence-electron chi connectivity index (χ3n) is 12.8. The van der Waals surface area contributed by atoms with Crippen LogP contribution in [0.15, 0.2) is 72.8 Å². The normalized spacial score (nSPS) is 18.2. The van der Waals surface area contributed by atoms with Crippen molar-refractivity contribution in [1.29, 1.82) is 0 Å². The SMILES string of the molecule is CN1CCNC(=O)c2cccc(c2O)C(=O)NCCN(CCN2CCNC(=O)c3cccc(c3O)C(=O)NCCN(C)CCNC(=O)c3cccc(c3O)C(=O)NCC2)CCNC(=O)c2cccc(c2O)C(=O)NCC1. The minimum Gasteiger partial charge on any atom is -0.506 e. The predicted octanol–water partition coefficient (Wildman–Crippen LogP) is -1.06. The molecule has 0 fully saturated rings. The zero-order valence-corrected chi connectivity index (χ0v) is 42.5. The lowest BCUT2D eigenvalue weighted by molar-refractivity contribution is 0.0913. The summed E-state index contributed by atoms with van der Waals surface area (Å²) in [5.41, 5.74) is -0.963. The number of carbonyl (C=O) groups excluding carboxylic acids is 8. The summed E-state index contributed by atoms with van der Waals surface area (Å²) >= 11 is 0. The van der Waals surface area contributed by atoms with Gasteiger partial charge in [0.2, 0.25) is 0 Å². The standard InChI is InChI=1S/C52H66N12O12/c1-61-23-15-53-45(69)33-7-3-11-37(41(33)65)49(73)57-19-27-63(28-20-58-50(74)38-12-4-8-34(42(38)66)46(70)54-16-24-61)31-32-64-29-21-59-51(75)39-13-5-9-35(43(39)67)47(71)55-17-25-62(2)26-18-56-48(72)36-10-6-14-40(44(36)68)52(76)60-22-30-64/h3-14,65-68H,15-32H2,1-2H3,(H,53,69)(H,54,70)(H,55,71)(H,56,72)(H,57,73)(H,58,74)(H,59,75)(H,60,76). The fraction of sp³-hybridized carbons (Fsp3) is 0.385. The minimum atomic E-state index is -0.656. The predicted molar refractivity (Wildman–Crippen MR) is 279 cm³/mol. The second-order valence-electron chi connectivity index (χ2n) is 18.1. The average Bonchev–Trinajstić information content (AvgIpc) is 3.39. The highest BCUT2D eigenvalue weighted by Gasteiger charge is 2.24. The summed E-state index contributed by atoms with van der Waals surface area (Å²) in [4.78, 5) is 114. The quantitative estimate of drug-likeness (QED) is 0.116. The van der Waals surface area contributed by atoms with Crippen LogP contribution in [0.4, 0.5) is 0 Å². The molecule has 2 aliphatic heterocycles. The maximum atomic E-state index is 13.5. The van der Waals surface area contributed by atoms with E-state index in [9.17, 15) is 58.8 Å². The van der Waals surface area contributed by atoms with Crippen molar-refractivity contribution >= 4 is 47.3 Å². The monoisotopic (exact) mass is 1050 g/mol. The van der Waals surface area contributed by atoms with E-state index in [4.69, 9.17) is 0 Å². The molecule has 8 bridgehead atoms. The fourth-order valence-electron chi connectivity index (χ4n) is 8.33. The van der Waals surface area contributed by atoms with Gasteiger partial charge < -0.3 is 72.8 Å². The van der Waals surface area contributed by atoms with Crippen LogP contribution in [0.1, 0.15) is 82.9 Å². The first-order chi connectivity index (χ1) is 36.5. The Hall–Kier alpha value is -8.32. The Morgan fingerprint density at radius 3 is 0.632 bits per heavy atom. The molecule has 406 valence electrons. The van der Waals surface area contributed by atoms with Crippen LogP contribution in [-0.2, 0) is 0 Å². The molecule has 2 heterocycles. The lowest BCUT2D eigenvalue weighted by Gasteiger charge is -2.28. The molecule has 24 heteroatoms. The van der Waals surface area contributed by atoms with E-state index in [2.05, 4.69) is 42.5 Å². The molecule has 6 rings (SSSR count). The largest absolute Gasteiger partial charge is 0.506 e. The molecule has 0 spiro atoms. The average molecular weight is 1050 g/mol. The number of nitrogens with one attached hydrogen (secondary N) is 8. The van der Waals surface area contributed by atoms with Gasteiger partial charge in [-0.1, -0.05) is 24.3 Å². The second-order valence-corrected chi connectivity index (χ2v) is 18.1. The molecule has 0 aromatic heterocycles. The van der Waals surface area contributed by atoms with Gasteiger partial charge in [-0.2, -0.15) is 0 Å². The fourth-order valence-corrected chi connectivity index (χ4v) is 8.33. The molecule has 0 atom stereocenters. The van der Waals surface area contributed by atoms with Crippen LogP contribution in [0.3, 0.4) is 0 Å². The van der Waals surface area contributed by atoms with Crippen LogP contribution in [0.2, 0.25) is 0 Å². The van der Waals surface area contributed by atoms with Gasteiger partial charge >= 0.3 is 0 Å². The first-order valence-corrected chi connectivity index (χ1v) is 24.9. The van der Waals surface area contributed by atoms with E-state index in [1.165, 1.54) is 72.8 Å². The van der Waals surface area contributed by atoms with Gasteiger partial charge in [0, 0.05) is 118 Å². The Labute approximate surface area is 439 Å². The van der Waals surface area contributed by atoms with E-state index in [1.807, 2.05) is 19.6 Å². The summed E-state index contributed by atoms with van der Waals surface area (Å²) < 4.78 is 0. The van der Waals surface area contributed by atoms with E-state index in [-0.39, 0.29) is 136 Å². The van der Waals surface area contributed by atoms with Gasteiger partial charge in [0.15, 0.2) is 0 Å². The van der Waals surface area contributed by atoms with Crippen LogP contribution in [0.25, 0.3) is 0 Å². The summed E-state index contributed by atoms with van der Waals surface area (Å²) in [6, 6.07) is 17.0. The molecule has 24 nitrogen and oxygen atoms in total. The van der Waals surface area contributed by atoms with Gasteiger partial charge in [-0.25, -0.2) is 0 Å². The van der Waals surface area contributed by atoms with Crippen molar-refractivity contribution in [2.24, 2.45) is 0 Å². The molecule has 0 unspecified atom stereocenters. The first kappa shape index (κ1) is 57.0. The van der Waals surface area contributed by atoms with Gasteiger partial charge in [0.25, 0.3) is 47.3 Å². The van der Waals surface area contributed by atoms with E-state index in [0.717, 1.165) is 0 Å². The highest BCUT2D eigenvalue weighted by Crippen LogP contribution is 2.26. The molecule has 8 amide bonds.